The van der Waals surface area contributed by atoms with Gasteiger partial charge in [-0.25, -0.2) is 19.0 Å². The Morgan fingerprint density at radius 3 is 2.51 bits per heavy atom. The van der Waals surface area contributed by atoms with Crippen LogP contribution < -0.4 is 10.3 Å². The molecule has 5 rings (SSSR count). The topological polar surface area (TPSA) is 103 Å². The van der Waals surface area contributed by atoms with Gasteiger partial charge in [0, 0.05) is 36.6 Å². The molecule has 0 fully saturated rings. The number of rotatable bonds is 7. The lowest BCUT2D eigenvalue weighted by Gasteiger charge is -2.14. The van der Waals surface area contributed by atoms with Crippen LogP contribution >= 0.6 is 0 Å². The van der Waals surface area contributed by atoms with Crippen LogP contribution in [0.4, 0.5) is 4.39 Å². The Morgan fingerprint density at radius 1 is 1.03 bits per heavy atom. The van der Waals surface area contributed by atoms with Gasteiger partial charge in [0.05, 0.1) is 23.3 Å². The van der Waals surface area contributed by atoms with Gasteiger partial charge in [-0.15, -0.1) is 0 Å². The number of H-pyrrole nitrogens is 1. The first-order valence-electron chi connectivity index (χ1n) is 12.6. The molecule has 0 unspecified atom stereocenters. The number of nitrogens with one attached hydrogen (secondary N) is 1. The molecule has 0 spiro atoms. The molecule has 3 aromatic heterocycles. The van der Waals surface area contributed by atoms with Crippen LogP contribution in [0, 0.1) is 12.7 Å². The van der Waals surface area contributed by atoms with Crippen LogP contribution in [0.5, 0.6) is 11.5 Å². The van der Waals surface area contributed by atoms with Gasteiger partial charge >= 0.3 is 0 Å². The molecule has 0 bridgehead atoms. The van der Waals surface area contributed by atoms with Crippen molar-refractivity contribution in [3.8, 4) is 17.2 Å². The van der Waals surface area contributed by atoms with Crippen molar-refractivity contribution < 1.29 is 13.9 Å². The Morgan fingerprint density at radius 2 is 1.79 bits per heavy atom. The molecule has 0 radical (unpaired) electrons. The molecule has 39 heavy (non-hydrogen) atoms. The minimum Gasteiger partial charge on any atom is -0.455 e. The van der Waals surface area contributed by atoms with E-state index < -0.39 is 5.82 Å². The lowest BCUT2D eigenvalue weighted by molar-refractivity contribution is -0.117. The van der Waals surface area contributed by atoms with E-state index in [1.807, 2.05) is 37.3 Å². The SMILES string of the molecule is Cc1ccc(-n2nc(C(C)(C)C)cc2CC(=O)Cc2ccc(Oc3ccnc4[nH]c(=O)cnc34)cc2F)cc1. The molecule has 9 heteroatoms. The lowest BCUT2D eigenvalue weighted by Crippen LogP contribution is -2.13. The van der Waals surface area contributed by atoms with Crippen LogP contribution in [0.1, 0.15) is 43.3 Å². The first kappa shape index (κ1) is 26.0. The summed E-state index contributed by atoms with van der Waals surface area (Å²) in [6.45, 7) is 8.23. The van der Waals surface area contributed by atoms with E-state index in [1.54, 1.807) is 22.9 Å². The number of fused-ring (bicyclic) bond motifs is 1. The summed E-state index contributed by atoms with van der Waals surface area (Å²) in [6.07, 6.45) is 2.63. The van der Waals surface area contributed by atoms with Gasteiger partial charge in [0.2, 0.25) is 0 Å². The molecule has 0 amide bonds. The maximum atomic E-state index is 15.0. The Kier molecular flexibility index (Phi) is 6.82. The third-order valence-electron chi connectivity index (χ3n) is 6.29. The zero-order chi connectivity index (χ0) is 27.7. The van der Waals surface area contributed by atoms with E-state index in [4.69, 9.17) is 9.84 Å². The number of hydrogen-bond donors (Lipinski definition) is 1. The molecule has 0 saturated heterocycles. The van der Waals surface area contributed by atoms with Crippen molar-refractivity contribution in [2.45, 2.75) is 46.0 Å². The highest BCUT2D eigenvalue weighted by Gasteiger charge is 2.22. The summed E-state index contributed by atoms with van der Waals surface area (Å²) >= 11 is 0. The Labute approximate surface area is 224 Å². The second kappa shape index (κ2) is 10.2. The highest BCUT2D eigenvalue weighted by Crippen LogP contribution is 2.28. The van der Waals surface area contributed by atoms with Crippen LogP contribution in [-0.4, -0.2) is 30.5 Å². The summed E-state index contributed by atoms with van der Waals surface area (Å²) in [6, 6.07) is 15.8. The van der Waals surface area contributed by atoms with Gasteiger partial charge < -0.3 is 9.72 Å². The lowest BCUT2D eigenvalue weighted by atomic mass is 9.92. The fourth-order valence-corrected chi connectivity index (χ4v) is 4.17. The minimum absolute atomic E-state index is 0.0724. The molecule has 0 aliphatic heterocycles. The molecule has 198 valence electrons. The molecule has 2 aromatic carbocycles. The third kappa shape index (κ3) is 5.77. The van der Waals surface area contributed by atoms with Crippen molar-refractivity contribution in [2.75, 3.05) is 0 Å². The Hall–Kier alpha value is -4.66. The van der Waals surface area contributed by atoms with Gasteiger partial charge in [-0.2, -0.15) is 5.10 Å². The molecule has 0 saturated carbocycles. The van der Waals surface area contributed by atoms with Gasteiger partial charge in [0.15, 0.2) is 11.4 Å². The van der Waals surface area contributed by atoms with Crippen molar-refractivity contribution in [1.82, 2.24) is 24.7 Å². The molecule has 3 heterocycles. The Balaban J connectivity index is 1.34. The number of Topliss-reactive ketones (excluding diaryl/α,β-unsaturated/α-hetero) is 1. The average molecular weight is 526 g/mol. The fraction of sp³-hybridized carbons (Fsp3) is 0.233. The highest BCUT2D eigenvalue weighted by atomic mass is 19.1. The standard InChI is InChI=1S/C30H28FN5O3/c1-18-5-8-20(9-6-18)36-21(15-26(35-36)30(2,3)4)14-22(37)13-19-7-10-23(16-24(19)31)39-25-11-12-32-29-28(25)33-17-27(38)34-29/h5-12,15-17H,13-14H2,1-4H3,(H,32,34,38). The molecular weight excluding hydrogens is 497 g/mol. The third-order valence-corrected chi connectivity index (χ3v) is 6.29. The van der Waals surface area contributed by atoms with E-state index in [0.717, 1.165) is 28.8 Å². The van der Waals surface area contributed by atoms with Crippen LogP contribution in [0.3, 0.4) is 0 Å². The molecule has 1 N–H and O–H groups in total. The van der Waals surface area contributed by atoms with E-state index in [2.05, 4.69) is 35.7 Å². The molecule has 0 atom stereocenters. The quantitative estimate of drug-likeness (QED) is 0.305. The van der Waals surface area contributed by atoms with Crippen LogP contribution in [0.25, 0.3) is 16.9 Å². The number of benzene rings is 2. The number of halogens is 1. The van der Waals surface area contributed by atoms with Gasteiger partial charge in [-0.1, -0.05) is 44.5 Å². The maximum Gasteiger partial charge on any atom is 0.268 e. The van der Waals surface area contributed by atoms with E-state index in [-0.39, 0.29) is 46.6 Å². The predicted octanol–water partition coefficient (Wildman–Crippen LogP) is 5.40. The van der Waals surface area contributed by atoms with E-state index in [9.17, 15) is 9.59 Å². The number of hydrogen-bond acceptors (Lipinski definition) is 6. The smallest absolute Gasteiger partial charge is 0.268 e. The minimum atomic E-state index is -0.553. The van der Waals surface area contributed by atoms with Crippen LogP contribution in [-0.2, 0) is 23.1 Å². The number of carbonyl (C=O) groups is 1. The first-order valence-corrected chi connectivity index (χ1v) is 12.6. The van der Waals surface area contributed by atoms with Gasteiger partial charge in [0.1, 0.15) is 22.9 Å². The number of aromatic amines is 1. The predicted molar refractivity (Wildman–Crippen MR) is 146 cm³/mol. The van der Waals surface area contributed by atoms with Crippen molar-refractivity contribution >= 4 is 16.9 Å². The van der Waals surface area contributed by atoms with Crippen molar-refractivity contribution in [2.24, 2.45) is 0 Å². The maximum absolute atomic E-state index is 15.0. The van der Waals surface area contributed by atoms with E-state index >= 15 is 4.39 Å². The zero-order valence-electron chi connectivity index (χ0n) is 22.2. The highest BCUT2D eigenvalue weighted by molar-refractivity contribution is 5.83. The van der Waals surface area contributed by atoms with Crippen molar-refractivity contribution in [3.63, 3.8) is 0 Å². The number of aryl methyl sites for hydroxylation is 1. The molecular formula is C30H28FN5O3. The number of ketones is 1. The summed E-state index contributed by atoms with van der Waals surface area (Å²) < 4.78 is 22.6. The van der Waals surface area contributed by atoms with Crippen LogP contribution in [0.15, 0.2) is 71.8 Å². The Bertz CT molecular complexity index is 1730. The van der Waals surface area contributed by atoms with Gasteiger partial charge in [-0.3, -0.25) is 9.59 Å². The summed E-state index contributed by atoms with van der Waals surface area (Å²) in [4.78, 5) is 35.3. The number of ether oxygens (including phenoxy) is 1. The second-order valence-electron chi connectivity index (χ2n) is 10.5. The van der Waals surface area contributed by atoms with Gasteiger partial charge in [0.25, 0.3) is 5.56 Å². The summed E-state index contributed by atoms with van der Waals surface area (Å²) in [5, 5.41) is 4.78. The van der Waals surface area contributed by atoms with E-state index in [1.165, 1.54) is 12.3 Å². The fourth-order valence-electron chi connectivity index (χ4n) is 4.17. The molecule has 5 aromatic rings. The number of aromatic nitrogens is 5. The molecule has 8 nitrogen and oxygen atoms in total. The first-order chi connectivity index (χ1) is 18.6. The number of pyridine rings is 1. The monoisotopic (exact) mass is 525 g/mol. The average Bonchev–Trinajstić information content (AvgIpc) is 3.30. The summed E-state index contributed by atoms with van der Waals surface area (Å²) in [5.74, 6) is -0.137. The second-order valence-corrected chi connectivity index (χ2v) is 10.5. The number of nitrogens with zero attached hydrogens (tertiary/aromatic N) is 4. The van der Waals surface area contributed by atoms with Gasteiger partial charge in [-0.05, 0) is 36.8 Å². The normalized spacial score (nSPS) is 11.6. The van der Waals surface area contributed by atoms with Crippen molar-refractivity contribution in [1.29, 1.82) is 0 Å². The van der Waals surface area contributed by atoms with Crippen molar-refractivity contribution in [3.05, 3.63) is 106 Å². The largest absolute Gasteiger partial charge is 0.455 e. The summed E-state index contributed by atoms with van der Waals surface area (Å²) in [5.41, 5.74) is 3.93. The van der Waals surface area contributed by atoms with Crippen LogP contribution in [0.2, 0.25) is 0 Å². The zero-order valence-corrected chi connectivity index (χ0v) is 22.2. The molecule has 0 aliphatic rings. The summed E-state index contributed by atoms with van der Waals surface area (Å²) in [7, 11) is 0. The molecule has 0 aliphatic carbocycles. The van der Waals surface area contributed by atoms with E-state index in [0.29, 0.717) is 11.3 Å². The number of carbonyl (C=O) groups excluding carboxylic acids is 1.